The second-order valence-corrected chi connectivity index (χ2v) is 8.06. The summed E-state index contributed by atoms with van der Waals surface area (Å²) in [4.78, 5) is 27.8. The Hall–Kier alpha value is -2.38. The van der Waals surface area contributed by atoms with E-state index in [0.717, 1.165) is 44.7 Å². The third-order valence-electron chi connectivity index (χ3n) is 5.21. The molecule has 1 aromatic carbocycles. The average molecular weight is 401 g/mol. The van der Waals surface area contributed by atoms with Gasteiger partial charge in [-0.2, -0.15) is 0 Å². The third-order valence-corrected chi connectivity index (χ3v) is 5.21. The van der Waals surface area contributed by atoms with Gasteiger partial charge in [0, 0.05) is 49.2 Å². The largest absolute Gasteiger partial charge is 0.379 e. The molecule has 2 aromatic rings. The number of hydrogen-bond donors (Lipinski definition) is 2. The van der Waals surface area contributed by atoms with Crippen LogP contribution < -0.4 is 16.2 Å². The molecular formula is C22H32N4O3. The van der Waals surface area contributed by atoms with Gasteiger partial charge in [-0.1, -0.05) is 39.0 Å². The quantitative estimate of drug-likeness (QED) is 0.749. The maximum absolute atomic E-state index is 12.8. The summed E-state index contributed by atoms with van der Waals surface area (Å²) in [5, 5.41) is 7.43. The fourth-order valence-corrected chi connectivity index (χ4v) is 3.69. The number of urea groups is 1. The number of rotatable bonds is 7. The van der Waals surface area contributed by atoms with E-state index in [1.54, 1.807) is 10.8 Å². The third kappa shape index (κ3) is 5.58. The molecule has 0 radical (unpaired) electrons. The van der Waals surface area contributed by atoms with Crippen molar-refractivity contribution in [2.24, 2.45) is 5.92 Å². The minimum atomic E-state index is -0.245. The van der Waals surface area contributed by atoms with Crippen LogP contribution in [0.1, 0.15) is 27.2 Å². The summed E-state index contributed by atoms with van der Waals surface area (Å²) in [5.41, 5.74) is 0.624. The Labute approximate surface area is 172 Å². The van der Waals surface area contributed by atoms with Gasteiger partial charge in [-0.05, 0) is 18.4 Å². The van der Waals surface area contributed by atoms with Crippen LogP contribution in [0.25, 0.3) is 10.8 Å². The van der Waals surface area contributed by atoms with Crippen LogP contribution in [0.15, 0.2) is 35.3 Å². The molecule has 3 rings (SSSR count). The van der Waals surface area contributed by atoms with E-state index in [4.69, 9.17) is 4.74 Å². The van der Waals surface area contributed by atoms with Crippen molar-refractivity contribution in [3.8, 4) is 0 Å². The normalized spacial score (nSPS) is 16.1. The molecular weight excluding hydrogens is 368 g/mol. The maximum Gasteiger partial charge on any atom is 0.319 e. The summed E-state index contributed by atoms with van der Waals surface area (Å²) < 4.78 is 7.08. The van der Waals surface area contributed by atoms with Crippen LogP contribution in [0, 0.1) is 5.92 Å². The summed E-state index contributed by atoms with van der Waals surface area (Å²) >= 11 is 0. The number of nitrogens with zero attached hydrogens (tertiary/aromatic N) is 2. The Morgan fingerprint density at radius 1 is 1.14 bits per heavy atom. The molecule has 0 aliphatic carbocycles. The Bertz CT molecular complexity index is 887. The monoisotopic (exact) mass is 400 g/mol. The molecule has 7 heteroatoms. The van der Waals surface area contributed by atoms with Crippen LogP contribution >= 0.6 is 0 Å². The lowest BCUT2D eigenvalue weighted by molar-refractivity contribution is 0.0340. The van der Waals surface area contributed by atoms with Crippen molar-refractivity contribution in [2.45, 2.75) is 39.8 Å². The molecule has 158 valence electrons. The molecule has 1 aliphatic rings. The molecule has 2 N–H and O–H groups in total. The number of benzene rings is 1. The van der Waals surface area contributed by atoms with Gasteiger partial charge in [0.05, 0.1) is 18.9 Å². The Kier molecular flexibility index (Phi) is 7.28. The van der Waals surface area contributed by atoms with E-state index >= 15 is 0 Å². The number of aromatic nitrogens is 1. The summed E-state index contributed by atoms with van der Waals surface area (Å²) in [7, 11) is 0. The Balaban J connectivity index is 1.76. The van der Waals surface area contributed by atoms with Gasteiger partial charge in [-0.25, -0.2) is 4.79 Å². The van der Waals surface area contributed by atoms with E-state index in [9.17, 15) is 9.59 Å². The zero-order valence-electron chi connectivity index (χ0n) is 17.6. The number of fused-ring (bicyclic) bond motifs is 1. The van der Waals surface area contributed by atoms with Gasteiger partial charge in [0.1, 0.15) is 0 Å². The van der Waals surface area contributed by atoms with E-state index < -0.39 is 0 Å². The van der Waals surface area contributed by atoms with Gasteiger partial charge in [0.15, 0.2) is 0 Å². The molecule has 2 heterocycles. The van der Waals surface area contributed by atoms with Gasteiger partial charge < -0.3 is 19.9 Å². The molecule has 0 spiro atoms. The average Bonchev–Trinajstić information content (AvgIpc) is 2.71. The van der Waals surface area contributed by atoms with E-state index in [0.29, 0.717) is 23.5 Å². The van der Waals surface area contributed by atoms with Gasteiger partial charge in [-0.15, -0.1) is 0 Å². The smallest absolute Gasteiger partial charge is 0.319 e. The van der Waals surface area contributed by atoms with Crippen LogP contribution in [-0.4, -0.2) is 54.4 Å². The SMILES string of the molecule is CCC(CN1CCOCC1)NC(=O)Nc1cn(CC(C)C)c(=O)c2ccccc12. The van der Waals surface area contributed by atoms with Crippen LogP contribution in [0.5, 0.6) is 0 Å². The van der Waals surface area contributed by atoms with Crippen LogP contribution in [0.3, 0.4) is 0 Å². The van der Waals surface area contributed by atoms with E-state index in [1.165, 1.54) is 0 Å². The highest BCUT2D eigenvalue weighted by Gasteiger charge is 2.18. The second-order valence-electron chi connectivity index (χ2n) is 8.06. The lowest BCUT2D eigenvalue weighted by Gasteiger charge is -2.30. The highest BCUT2D eigenvalue weighted by Crippen LogP contribution is 2.21. The molecule has 1 aromatic heterocycles. The molecule has 1 aliphatic heterocycles. The van der Waals surface area contributed by atoms with Crippen molar-refractivity contribution < 1.29 is 9.53 Å². The first kappa shape index (κ1) is 21.3. The lowest BCUT2D eigenvalue weighted by Crippen LogP contribution is -2.48. The summed E-state index contributed by atoms with van der Waals surface area (Å²) in [6.07, 6.45) is 2.60. The zero-order valence-corrected chi connectivity index (χ0v) is 17.6. The first-order valence-electron chi connectivity index (χ1n) is 10.5. The van der Waals surface area contributed by atoms with Crippen molar-refractivity contribution in [1.82, 2.24) is 14.8 Å². The fourth-order valence-electron chi connectivity index (χ4n) is 3.69. The summed E-state index contributed by atoms with van der Waals surface area (Å²) in [6.45, 7) is 10.9. The topological polar surface area (TPSA) is 75.6 Å². The summed E-state index contributed by atoms with van der Waals surface area (Å²) in [6, 6.07) is 7.22. The minimum absolute atomic E-state index is 0.0287. The number of nitrogens with one attached hydrogen (secondary N) is 2. The molecule has 1 fully saturated rings. The first-order chi connectivity index (χ1) is 14.0. The standard InChI is InChI=1S/C22H32N4O3/c1-4-17(14-25-9-11-29-12-10-25)23-22(28)24-20-15-26(13-16(2)3)21(27)19-8-6-5-7-18(19)20/h5-8,15-17H,4,9-14H2,1-3H3,(H2,23,24,28). The minimum Gasteiger partial charge on any atom is -0.379 e. The molecule has 7 nitrogen and oxygen atoms in total. The molecule has 1 atom stereocenters. The van der Waals surface area contributed by atoms with Crippen molar-refractivity contribution >= 4 is 22.5 Å². The van der Waals surface area contributed by atoms with Gasteiger partial charge in [0.2, 0.25) is 0 Å². The molecule has 1 saturated heterocycles. The molecule has 29 heavy (non-hydrogen) atoms. The number of amides is 2. The number of ether oxygens (including phenoxy) is 1. The predicted octanol–water partition coefficient (Wildman–Crippen LogP) is 2.89. The fraction of sp³-hybridized carbons (Fsp3) is 0.545. The molecule has 0 saturated carbocycles. The van der Waals surface area contributed by atoms with Crippen molar-refractivity contribution in [3.63, 3.8) is 0 Å². The zero-order chi connectivity index (χ0) is 20.8. The van der Waals surface area contributed by atoms with Crippen molar-refractivity contribution in [2.75, 3.05) is 38.2 Å². The Morgan fingerprint density at radius 2 is 1.83 bits per heavy atom. The first-order valence-corrected chi connectivity index (χ1v) is 10.5. The van der Waals surface area contributed by atoms with E-state index in [-0.39, 0.29) is 17.6 Å². The van der Waals surface area contributed by atoms with Crippen molar-refractivity contribution in [1.29, 1.82) is 0 Å². The summed E-state index contributed by atoms with van der Waals surface area (Å²) in [5.74, 6) is 0.327. The number of hydrogen-bond acceptors (Lipinski definition) is 4. The molecule has 0 bridgehead atoms. The molecule has 2 amide bonds. The number of pyridine rings is 1. The molecule has 1 unspecified atom stereocenters. The predicted molar refractivity (Wildman–Crippen MR) is 117 cm³/mol. The highest BCUT2D eigenvalue weighted by molar-refractivity contribution is 6.01. The van der Waals surface area contributed by atoms with Crippen molar-refractivity contribution in [3.05, 3.63) is 40.8 Å². The van der Waals surface area contributed by atoms with E-state index in [1.807, 2.05) is 24.3 Å². The number of anilines is 1. The number of carbonyl (C=O) groups excluding carboxylic acids is 1. The van der Waals surface area contributed by atoms with Gasteiger partial charge in [0.25, 0.3) is 5.56 Å². The van der Waals surface area contributed by atoms with Crippen LogP contribution in [0.2, 0.25) is 0 Å². The van der Waals surface area contributed by atoms with Gasteiger partial charge in [-0.3, -0.25) is 9.69 Å². The number of carbonyl (C=O) groups is 1. The van der Waals surface area contributed by atoms with E-state index in [2.05, 4.69) is 36.3 Å². The maximum atomic E-state index is 12.8. The Morgan fingerprint density at radius 3 is 2.48 bits per heavy atom. The van der Waals surface area contributed by atoms with Crippen LogP contribution in [0.4, 0.5) is 10.5 Å². The second kappa shape index (κ2) is 9.89. The number of morpholine rings is 1. The highest BCUT2D eigenvalue weighted by atomic mass is 16.5. The van der Waals surface area contributed by atoms with Crippen LogP contribution in [-0.2, 0) is 11.3 Å². The van der Waals surface area contributed by atoms with Gasteiger partial charge >= 0.3 is 6.03 Å². The lowest BCUT2D eigenvalue weighted by atomic mass is 10.1.